The summed E-state index contributed by atoms with van der Waals surface area (Å²) in [7, 11) is 0. The second kappa shape index (κ2) is 6.90. The van der Waals surface area contributed by atoms with Crippen LogP contribution in [0.1, 0.15) is 18.5 Å². The summed E-state index contributed by atoms with van der Waals surface area (Å²) >= 11 is 13.9. The van der Waals surface area contributed by atoms with Crippen molar-refractivity contribution >= 4 is 69.4 Å². The lowest BCUT2D eigenvalue weighted by Gasteiger charge is -2.19. The lowest BCUT2D eigenvalue weighted by molar-refractivity contribution is 0.625. The first-order chi connectivity index (χ1) is 9.38. The van der Waals surface area contributed by atoms with Gasteiger partial charge in [-0.15, -0.1) is 0 Å². The molecule has 1 N–H and O–H groups in total. The van der Waals surface area contributed by atoms with Gasteiger partial charge < -0.3 is 5.32 Å². The average Bonchev–Trinajstić information content (AvgIpc) is 2.33. The van der Waals surface area contributed by atoms with Gasteiger partial charge in [0.15, 0.2) is 0 Å². The van der Waals surface area contributed by atoms with Crippen LogP contribution in [0.5, 0.6) is 0 Å². The Kier molecular flexibility index (Phi) is 5.68. The monoisotopic (exact) mass is 527 g/mol. The number of nitrogens with one attached hydrogen (secondary N) is 1. The van der Waals surface area contributed by atoms with Crippen molar-refractivity contribution in [1.82, 2.24) is 0 Å². The van der Waals surface area contributed by atoms with Gasteiger partial charge in [0.1, 0.15) is 5.82 Å². The van der Waals surface area contributed by atoms with Crippen molar-refractivity contribution in [2.75, 3.05) is 5.32 Å². The van der Waals surface area contributed by atoms with Crippen LogP contribution in [0.2, 0.25) is 0 Å². The maximum absolute atomic E-state index is 13.1. The van der Waals surface area contributed by atoms with Crippen LogP contribution in [-0.4, -0.2) is 0 Å². The molecule has 1 atom stereocenters. The topological polar surface area (TPSA) is 12.0 Å². The van der Waals surface area contributed by atoms with E-state index in [9.17, 15) is 4.39 Å². The highest BCUT2D eigenvalue weighted by Gasteiger charge is 2.14. The van der Waals surface area contributed by atoms with Crippen LogP contribution in [-0.2, 0) is 0 Å². The van der Waals surface area contributed by atoms with E-state index in [0.717, 1.165) is 29.1 Å². The highest BCUT2D eigenvalue weighted by Crippen LogP contribution is 2.37. The zero-order valence-corrected chi connectivity index (χ0v) is 16.7. The summed E-state index contributed by atoms with van der Waals surface area (Å²) in [6.45, 7) is 2.03. The summed E-state index contributed by atoms with van der Waals surface area (Å²) < 4.78 is 16.8. The summed E-state index contributed by atoms with van der Waals surface area (Å²) in [5.74, 6) is -0.251. The van der Waals surface area contributed by atoms with Crippen LogP contribution < -0.4 is 5.32 Å². The number of anilines is 1. The molecule has 0 saturated heterocycles. The average molecular weight is 531 g/mol. The van der Waals surface area contributed by atoms with Crippen molar-refractivity contribution in [2.24, 2.45) is 0 Å². The predicted molar refractivity (Wildman–Crippen MR) is 95.7 cm³/mol. The molecule has 0 aliphatic rings. The molecule has 0 saturated carbocycles. The Morgan fingerprint density at radius 3 is 2.10 bits per heavy atom. The summed E-state index contributed by atoms with van der Waals surface area (Å²) in [6, 6.07) is 8.68. The molecule has 0 aromatic heterocycles. The summed E-state index contributed by atoms with van der Waals surface area (Å²) in [4.78, 5) is 0. The minimum Gasteiger partial charge on any atom is -0.377 e. The second-order valence-electron chi connectivity index (χ2n) is 4.28. The first-order valence-electron chi connectivity index (χ1n) is 5.74. The minimum atomic E-state index is -0.251. The van der Waals surface area contributed by atoms with Gasteiger partial charge in [-0.05, 0) is 68.6 Å². The van der Waals surface area contributed by atoms with E-state index in [1.807, 2.05) is 19.1 Å². The molecule has 0 aliphatic heterocycles. The molecule has 2 aromatic carbocycles. The summed E-state index contributed by atoms with van der Waals surface area (Å²) in [5, 5.41) is 3.42. The highest BCUT2D eigenvalue weighted by molar-refractivity contribution is 9.11. The van der Waals surface area contributed by atoms with Gasteiger partial charge in [-0.1, -0.05) is 37.9 Å². The van der Waals surface area contributed by atoms with E-state index in [-0.39, 0.29) is 11.9 Å². The largest absolute Gasteiger partial charge is 0.377 e. The zero-order chi connectivity index (χ0) is 14.9. The van der Waals surface area contributed by atoms with E-state index in [2.05, 4.69) is 69.0 Å². The minimum absolute atomic E-state index is 0.0266. The van der Waals surface area contributed by atoms with E-state index in [4.69, 9.17) is 0 Å². The van der Waals surface area contributed by atoms with Crippen molar-refractivity contribution in [3.63, 3.8) is 0 Å². The van der Waals surface area contributed by atoms with Gasteiger partial charge >= 0.3 is 0 Å². The molecule has 2 rings (SSSR count). The molecular formula is C14H10Br4FN. The van der Waals surface area contributed by atoms with Gasteiger partial charge in [-0.25, -0.2) is 4.39 Å². The Balaban J connectivity index is 2.30. The Morgan fingerprint density at radius 2 is 1.55 bits per heavy atom. The Labute approximate surface area is 150 Å². The normalized spacial score (nSPS) is 12.3. The lowest BCUT2D eigenvalue weighted by atomic mass is 10.1. The van der Waals surface area contributed by atoms with Crippen molar-refractivity contribution in [1.29, 1.82) is 0 Å². The first-order valence-corrected chi connectivity index (χ1v) is 8.91. The summed E-state index contributed by atoms with van der Waals surface area (Å²) in [6.07, 6.45) is 0. The van der Waals surface area contributed by atoms with E-state index in [0.29, 0.717) is 0 Å². The molecule has 0 radical (unpaired) electrons. The molecule has 0 bridgehead atoms. The molecule has 1 unspecified atom stereocenters. The van der Waals surface area contributed by atoms with E-state index >= 15 is 0 Å². The number of benzene rings is 2. The molecular weight excluding hydrogens is 521 g/mol. The van der Waals surface area contributed by atoms with E-state index in [1.165, 1.54) is 12.1 Å². The van der Waals surface area contributed by atoms with Gasteiger partial charge in [0.25, 0.3) is 0 Å². The molecule has 1 nitrogen and oxygen atoms in total. The molecule has 6 heteroatoms. The number of hydrogen-bond donors (Lipinski definition) is 1. The molecule has 106 valence electrons. The first kappa shape index (κ1) is 16.5. The van der Waals surface area contributed by atoms with Crippen LogP contribution >= 0.6 is 63.7 Å². The van der Waals surface area contributed by atoms with Crippen molar-refractivity contribution in [2.45, 2.75) is 13.0 Å². The predicted octanol–water partition coefficient (Wildman–Crippen LogP) is 7.05. The lowest BCUT2D eigenvalue weighted by Crippen LogP contribution is -2.08. The SMILES string of the molecule is CC(Nc1c(Br)cc(Br)cc1Br)c1ccc(F)cc1Br. The second-order valence-corrected chi connectivity index (χ2v) is 7.75. The van der Waals surface area contributed by atoms with Gasteiger partial charge in [-0.3, -0.25) is 0 Å². The maximum Gasteiger partial charge on any atom is 0.124 e. The van der Waals surface area contributed by atoms with Gasteiger partial charge in [-0.2, -0.15) is 0 Å². The quantitative estimate of drug-likeness (QED) is 0.448. The standard InChI is InChI=1S/C14H10Br4FN/c1-7(10-3-2-9(19)6-11(10)16)20-14-12(17)4-8(15)5-13(14)18/h2-7,20H,1H3. The Morgan fingerprint density at radius 1 is 0.950 bits per heavy atom. The third kappa shape index (κ3) is 3.84. The number of hydrogen-bond acceptors (Lipinski definition) is 1. The molecule has 0 fully saturated rings. The van der Waals surface area contributed by atoms with Gasteiger partial charge in [0.05, 0.1) is 5.69 Å². The molecule has 20 heavy (non-hydrogen) atoms. The fourth-order valence-corrected chi connectivity index (χ4v) is 5.01. The third-order valence-electron chi connectivity index (χ3n) is 2.80. The fraction of sp³-hybridized carbons (Fsp3) is 0.143. The number of rotatable bonds is 3. The zero-order valence-electron chi connectivity index (χ0n) is 10.4. The van der Waals surface area contributed by atoms with Gasteiger partial charge in [0, 0.05) is 23.9 Å². The molecule has 0 amide bonds. The van der Waals surface area contributed by atoms with Gasteiger partial charge in [0.2, 0.25) is 0 Å². The van der Waals surface area contributed by atoms with Crippen LogP contribution in [0.25, 0.3) is 0 Å². The van der Waals surface area contributed by atoms with E-state index < -0.39 is 0 Å². The highest BCUT2D eigenvalue weighted by atomic mass is 79.9. The maximum atomic E-state index is 13.1. The van der Waals surface area contributed by atoms with Crippen LogP contribution in [0.15, 0.2) is 48.2 Å². The van der Waals surface area contributed by atoms with Crippen LogP contribution in [0.3, 0.4) is 0 Å². The van der Waals surface area contributed by atoms with Crippen LogP contribution in [0.4, 0.5) is 10.1 Å². The Hall–Kier alpha value is 0.0900. The molecule has 0 aliphatic carbocycles. The number of halogens is 5. The third-order valence-corrected chi connectivity index (χ3v) is 5.19. The van der Waals surface area contributed by atoms with E-state index in [1.54, 1.807) is 6.07 Å². The summed E-state index contributed by atoms with van der Waals surface area (Å²) in [5.41, 5.74) is 1.95. The van der Waals surface area contributed by atoms with Crippen molar-refractivity contribution < 1.29 is 4.39 Å². The molecule has 0 heterocycles. The van der Waals surface area contributed by atoms with Crippen LogP contribution in [0, 0.1) is 5.82 Å². The van der Waals surface area contributed by atoms with Crippen molar-refractivity contribution in [3.8, 4) is 0 Å². The Bertz CT molecular complexity index is 622. The fourth-order valence-electron chi connectivity index (χ4n) is 1.83. The smallest absolute Gasteiger partial charge is 0.124 e. The molecule has 2 aromatic rings. The van der Waals surface area contributed by atoms with Crippen molar-refractivity contribution in [3.05, 3.63) is 59.6 Å². The molecule has 0 spiro atoms.